The van der Waals surface area contributed by atoms with Gasteiger partial charge >= 0.3 is 0 Å². The first kappa shape index (κ1) is 12.0. The van der Waals surface area contributed by atoms with Crippen molar-refractivity contribution in [2.75, 3.05) is 6.54 Å². The molecule has 0 radical (unpaired) electrons. The van der Waals surface area contributed by atoms with Crippen LogP contribution in [-0.2, 0) is 4.79 Å². The van der Waals surface area contributed by atoms with E-state index >= 15 is 0 Å². The van der Waals surface area contributed by atoms with Crippen LogP contribution >= 0.6 is 15.9 Å². The lowest BCUT2D eigenvalue weighted by Crippen LogP contribution is -2.32. The van der Waals surface area contributed by atoms with Gasteiger partial charge in [0.05, 0.1) is 16.0 Å². The fourth-order valence-electron chi connectivity index (χ4n) is 1.76. The van der Waals surface area contributed by atoms with Crippen LogP contribution in [0.15, 0.2) is 24.3 Å². The molecule has 1 aromatic carbocycles. The van der Waals surface area contributed by atoms with E-state index in [1.807, 2.05) is 0 Å². The van der Waals surface area contributed by atoms with E-state index < -0.39 is 0 Å². The van der Waals surface area contributed by atoms with Crippen LogP contribution < -0.4 is 0 Å². The maximum absolute atomic E-state index is 11.9. The monoisotopic (exact) mass is 295 g/mol. The molecular weight excluding hydrogens is 286 g/mol. The average Bonchev–Trinajstić information content (AvgIpc) is 2.60. The molecule has 17 heavy (non-hydrogen) atoms. The van der Waals surface area contributed by atoms with Crippen molar-refractivity contribution in [1.82, 2.24) is 4.90 Å². The molecule has 1 aromatic rings. The zero-order valence-electron chi connectivity index (χ0n) is 8.93. The SMILES string of the molecule is O=C[C@H](Br)CCN1C(=O)c2ccccc2C1=O. The predicted molar refractivity (Wildman–Crippen MR) is 65.2 cm³/mol. The van der Waals surface area contributed by atoms with E-state index in [1.165, 1.54) is 4.90 Å². The fourth-order valence-corrected chi connectivity index (χ4v) is 1.97. The van der Waals surface area contributed by atoms with Gasteiger partial charge in [-0.1, -0.05) is 28.1 Å². The van der Waals surface area contributed by atoms with E-state index in [1.54, 1.807) is 24.3 Å². The number of imide groups is 1. The van der Waals surface area contributed by atoms with Gasteiger partial charge in [0.25, 0.3) is 11.8 Å². The number of alkyl halides is 1. The van der Waals surface area contributed by atoms with Crippen molar-refractivity contribution in [2.45, 2.75) is 11.2 Å². The first-order chi connectivity index (χ1) is 8.15. The van der Waals surface area contributed by atoms with Crippen LogP contribution in [0.4, 0.5) is 0 Å². The quantitative estimate of drug-likeness (QED) is 0.482. The third kappa shape index (κ3) is 2.15. The molecule has 5 heteroatoms. The molecule has 1 atom stereocenters. The maximum atomic E-state index is 11.9. The summed E-state index contributed by atoms with van der Waals surface area (Å²) in [5, 5.41) is 0. The van der Waals surface area contributed by atoms with E-state index in [4.69, 9.17) is 0 Å². The Kier molecular flexibility index (Phi) is 3.38. The number of hydrogen-bond acceptors (Lipinski definition) is 3. The van der Waals surface area contributed by atoms with Crippen LogP contribution in [-0.4, -0.2) is 34.4 Å². The summed E-state index contributed by atoms with van der Waals surface area (Å²) in [6, 6.07) is 6.74. The molecule has 0 bridgehead atoms. The normalized spacial score (nSPS) is 15.9. The summed E-state index contributed by atoms with van der Waals surface area (Å²) < 4.78 is 0. The van der Waals surface area contributed by atoms with Gasteiger partial charge in [-0.25, -0.2) is 0 Å². The Morgan fingerprint density at radius 3 is 2.18 bits per heavy atom. The number of amides is 2. The van der Waals surface area contributed by atoms with Crippen molar-refractivity contribution < 1.29 is 14.4 Å². The van der Waals surface area contributed by atoms with E-state index in [0.29, 0.717) is 17.5 Å². The molecular formula is C12H10BrNO3. The molecule has 1 heterocycles. The van der Waals surface area contributed by atoms with Crippen molar-refractivity contribution >= 4 is 34.0 Å². The molecule has 0 aliphatic carbocycles. The zero-order chi connectivity index (χ0) is 12.4. The van der Waals surface area contributed by atoms with Crippen molar-refractivity contribution in [3.8, 4) is 0 Å². The maximum Gasteiger partial charge on any atom is 0.261 e. The number of nitrogens with zero attached hydrogens (tertiary/aromatic N) is 1. The largest absolute Gasteiger partial charge is 0.302 e. The highest BCUT2D eigenvalue weighted by Gasteiger charge is 2.34. The molecule has 1 aliphatic rings. The Morgan fingerprint density at radius 2 is 1.71 bits per heavy atom. The molecule has 0 N–H and O–H groups in total. The Morgan fingerprint density at radius 1 is 1.18 bits per heavy atom. The summed E-state index contributed by atoms with van der Waals surface area (Å²) in [5.41, 5.74) is 0.879. The number of rotatable bonds is 4. The first-order valence-corrected chi connectivity index (χ1v) is 6.11. The number of aldehydes is 1. The molecule has 2 rings (SSSR count). The minimum absolute atomic E-state index is 0.251. The highest BCUT2D eigenvalue weighted by molar-refractivity contribution is 9.09. The van der Waals surface area contributed by atoms with Gasteiger partial charge in [0.15, 0.2) is 0 Å². The summed E-state index contributed by atoms with van der Waals surface area (Å²) in [5.74, 6) is -0.563. The van der Waals surface area contributed by atoms with Gasteiger partial charge in [0.2, 0.25) is 0 Å². The Bertz CT molecular complexity index is 451. The highest BCUT2D eigenvalue weighted by Crippen LogP contribution is 2.22. The summed E-state index contributed by atoms with van der Waals surface area (Å²) in [6.07, 6.45) is 1.17. The smallest absolute Gasteiger partial charge is 0.261 e. The molecule has 0 unspecified atom stereocenters. The van der Waals surface area contributed by atoms with Crippen LogP contribution in [0.3, 0.4) is 0 Å². The van der Waals surface area contributed by atoms with Gasteiger partial charge in [-0.15, -0.1) is 0 Å². The van der Waals surface area contributed by atoms with Crippen LogP contribution in [0.1, 0.15) is 27.1 Å². The second-order valence-corrected chi connectivity index (χ2v) is 4.92. The third-order valence-electron chi connectivity index (χ3n) is 2.65. The van der Waals surface area contributed by atoms with Crippen molar-refractivity contribution in [2.24, 2.45) is 0 Å². The summed E-state index contributed by atoms with van der Waals surface area (Å²) in [4.78, 5) is 35.1. The average molecular weight is 296 g/mol. The minimum Gasteiger partial charge on any atom is -0.302 e. The summed E-state index contributed by atoms with van der Waals surface area (Å²) >= 11 is 3.14. The number of halogens is 1. The van der Waals surface area contributed by atoms with Gasteiger partial charge < -0.3 is 4.79 Å². The molecule has 1 aliphatic heterocycles. The first-order valence-electron chi connectivity index (χ1n) is 5.19. The standard InChI is InChI=1S/C12H10BrNO3/c13-8(7-15)5-6-14-11(16)9-3-1-2-4-10(9)12(14)17/h1-4,7-8H,5-6H2/t8-/m1/s1. The van der Waals surface area contributed by atoms with Gasteiger partial charge in [-0.05, 0) is 18.6 Å². The number of carbonyl (C=O) groups is 3. The lowest BCUT2D eigenvalue weighted by Gasteiger charge is -2.13. The van der Waals surface area contributed by atoms with E-state index in [9.17, 15) is 14.4 Å². The second kappa shape index (κ2) is 4.79. The van der Waals surface area contributed by atoms with Crippen LogP contribution in [0.2, 0.25) is 0 Å². The lowest BCUT2D eigenvalue weighted by molar-refractivity contribution is -0.107. The van der Waals surface area contributed by atoms with E-state index in [2.05, 4.69) is 15.9 Å². The zero-order valence-corrected chi connectivity index (χ0v) is 10.5. The lowest BCUT2D eigenvalue weighted by atomic mass is 10.1. The van der Waals surface area contributed by atoms with Crippen LogP contribution in [0.25, 0.3) is 0 Å². The molecule has 0 aromatic heterocycles. The summed E-state index contributed by atoms with van der Waals surface area (Å²) in [7, 11) is 0. The number of hydrogen-bond donors (Lipinski definition) is 0. The molecule has 4 nitrogen and oxygen atoms in total. The van der Waals surface area contributed by atoms with Gasteiger partial charge in [-0.3, -0.25) is 14.5 Å². The molecule has 2 amide bonds. The van der Waals surface area contributed by atoms with E-state index in [-0.39, 0.29) is 23.2 Å². The van der Waals surface area contributed by atoms with Crippen molar-refractivity contribution in [1.29, 1.82) is 0 Å². The Balaban J connectivity index is 2.16. The highest BCUT2D eigenvalue weighted by atomic mass is 79.9. The van der Waals surface area contributed by atoms with Crippen molar-refractivity contribution in [3.63, 3.8) is 0 Å². The molecule has 0 saturated carbocycles. The van der Waals surface area contributed by atoms with Crippen LogP contribution in [0.5, 0.6) is 0 Å². The molecule has 0 fully saturated rings. The number of fused-ring (bicyclic) bond motifs is 1. The van der Waals surface area contributed by atoms with Gasteiger partial charge in [0, 0.05) is 6.54 Å². The third-order valence-corrected chi connectivity index (χ3v) is 3.33. The van der Waals surface area contributed by atoms with Gasteiger partial charge in [0.1, 0.15) is 6.29 Å². The Hall–Kier alpha value is -1.49. The molecule has 0 saturated heterocycles. The summed E-state index contributed by atoms with van der Waals surface area (Å²) in [6.45, 7) is 0.251. The van der Waals surface area contributed by atoms with Crippen molar-refractivity contribution in [3.05, 3.63) is 35.4 Å². The van der Waals surface area contributed by atoms with Crippen LogP contribution in [0, 0.1) is 0 Å². The molecule has 88 valence electrons. The molecule has 0 spiro atoms. The van der Waals surface area contributed by atoms with E-state index in [0.717, 1.165) is 6.29 Å². The Labute approximate surface area is 107 Å². The number of carbonyl (C=O) groups excluding carboxylic acids is 3. The minimum atomic E-state index is -0.327. The predicted octanol–water partition coefficient (Wildman–Crippen LogP) is 1.64. The second-order valence-electron chi connectivity index (χ2n) is 3.75. The van der Waals surface area contributed by atoms with Gasteiger partial charge in [-0.2, -0.15) is 0 Å². The number of benzene rings is 1. The fraction of sp³-hybridized carbons (Fsp3) is 0.250. The topological polar surface area (TPSA) is 54.5 Å².